The Balaban J connectivity index is 0.914. The number of benzene rings is 10. The van der Waals surface area contributed by atoms with Crippen LogP contribution in [0.2, 0.25) is 0 Å². The zero-order valence-electron chi connectivity index (χ0n) is 53.2. The normalized spacial score (nSPS) is 13.6. The molecule has 6 nitrogen and oxygen atoms in total. The van der Waals surface area contributed by atoms with E-state index in [0.717, 1.165) is 82.0 Å². The van der Waals surface area contributed by atoms with Gasteiger partial charge >= 0.3 is 371 Å². The molecule has 10 aromatic carbocycles. The van der Waals surface area contributed by atoms with Gasteiger partial charge in [0.05, 0.1) is 5.41 Å². The summed E-state index contributed by atoms with van der Waals surface area (Å²) in [5.74, 6) is 3.67. The van der Waals surface area contributed by atoms with Crippen molar-refractivity contribution in [2.45, 2.75) is 110 Å². The van der Waals surface area contributed by atoms with Crippen molar-refractivity contribution >= 4 is 32.8 Å². The Kier molecular flexibility index (Phi) is 13.2. The Hall–Kier alpha value is -9.09. The van der Waals surface area contributed by atoms with Crippen LogP contribution in [0.4, 0.5) is 0 Å². The van der Waals surface area contributed by atoms with E-state index in [1.807, 2.05) is 12.3 Å². The second-order valence-electron chi connectivity index (χ2n) is 28.6. The molecular formula is C83H72N4O2Pt-2. The molecule has 0 unspecified atom stereocenters. The summed E-state index contributed by atoms with van der Waals surface area (Å²) in [5.41, 5.74) is 21.8. The minimum atomic E-state index is -0.647. The van der Waals surface area contributed by atoms with Gasteiger partial charge < -0.3 is 4.74 Å². The second-order valence-corrected chi connectivity index (χ2v) is 29.6. The van der Waals surface area contributed by atoms with Gasteiger partial charge in [-0.25, -0.2) is 0 Å². The standard InChI is InChI=1S/C83H72N4O2.Pt/c1-79(2,3)54-39-40-84-77(46-54)87-73-48-60(37-38-62(73)66-49-65-61-29-16-17-30-67(61)83(70(65)50-74(66)87)68-31-18-22-35-75(68)89-76-36-23-19-32-69(76)83)88-59-28-24-27-58(47-59)85-51-86(72-34-21-20-33-71(72)85)78-63(52-25-14-13-15-26-52)44-57(82(10,11)12)45-64(78)53-41-55(80(4,5)6)43-56(42-53)81(7,8)9;/h13-46,49-50H,1-12H3;/q-2;. The van der Waals surface area contributed by atoms with E-state index < -0.39 is 5.41 Å². The summed E-state index contributed by atoms with van der Waals surface area (Å²) in [6, 6.07) is 85.2. The first-order valence-corrected chi connectivity index (χ1v) is 32.5. The van der Waals surface area contributed by atoms with Gasteiger partial charge in [-0.05, 0) is 51.4 Å². The number of ether oxygens (including phenoxy) is 2. The Bertz CT molecular complexity index is 5070. The van der Waals surface area contributed by atoms with E-state index in [4.69, 9.17) is 14.5 Å². The van der Waals surface area contributed by atoms with Crippen LogP contribution in [0.3, 0.4) is 0 Å². The van der Waals surface area contributed by atoms with Crippen LogP contribution >= 0.6 is 0 Å². The van der Waals surface area contributed by atoms with Crippen LogP contribution < -0.4 is 9.47 Å². The molecule has 0 amide bonds. The average Bonchev–Trinajstić information content (AvgIpc) is 1.48. The summed E-state index contributed by atoms with van der Waals surface area (Å²) in [4.78, 5) is 5.18. The van der Waals surface area contributed by atoms with Gasteiger partial charge in [0, 0.05) is 17.3 Å². The quantitative estimate of drug-likeness (QED) is 0.149. The third-order valence-electron chi connectivity index (χ3n) is 18.6. The zero-order valence-corrected chi connectivity index (χ0v) is 55.5. The topological polar surface area (TPSA) is 46.1 Å². The fourth-order valence-corrected chi connectivity index (χ4v) is 15.0. The Morgan fingerprint density at radius 1 is 0.411 bits per heavy atom. The van der Waals surface area contributed by atoms with E-state index in [9.17, 15) is 0 Å². The van der Waals surface area contributed by atoms with Gasteiger partial charge in [0.25, 0.3) is 0 Å². The van der Waals surface area contributed by atoms with Gasteiger partial charge in [0.1, 0.15) is 11.5 Å². The first-order valence-electron chi connectivity index (χ1n) is 31.3. The molecule has 1 spiro atoms. The molecule has 0 radical (unpaired) electrons. The number of imidazole rings is 1. The molecular weight excluding hydrogens is 1280 g/mol. The van der Waals surface area contributed by atoms with Crippen molar-refractivity contribution in [2.24, 2.45) is 0 Å². The average molecular weight is 1350 g/mol. The number of fused-ring (bicyclic) bond motifs is 13. The van der Waals surface area contributed by atoms with Crippen molar-refractivity contribution in [3.8, 4) is 73.6 Å². The molecule has 1 aliphatic carbocycles. The van der Waals surface area contributed by atoms with E-state index in [-0.39, 0.29) is 21.7 Å². The van der Waals surface area contributed by atoms with E-state index in [1.165, 1.54) is 61.2 Å². The van der Waals surface area contributed by atoms with E-state index in [0.29, 0.717) is 11.5 Å². The molecule has 15 rings (SSSR count). The molecule has 448 valence electrons. The van der Waals surface area contributed by atoms with Gasteiger partial charge in [0.15, 0.2) is 0 Å². The zero-order chi connectivity index (χ0) is 62.4. The maximum absolute atomic E-state index is 7.05. The Labute approximate surface area is 539 Å². The summed E-state index contributed by atoms with van der Waals surface area (Å²) in [5, 5.41) is 2.16. The fourth-order valence-electron chi connectivity index (χ4n) is 13.9. The number of pyridine rings is 1. The van der Waals surface area contributed by atoms with Crippen molar-refractivity contribution < 1.29 is 28.8 Å². The van der Waals surface area contributed by atoms with Crippen molar-refractivity contribution in [2.75, 3.05) is 0 Å². The number of nitrogens with zero attached hydrogens (tertiary/aromatic N) is 4. The number of aromatic nitrogens is 4. The van der Waals surface area contributed by atoms with Crippen LogP contribution in [0.1, 0.15) is 128 Å². The number of hydrogen-bond donors (Lipinski definition) is 0. The summed E-state index contributed by atoms with van der Waals surface area (Å²) < 4.78 is 21.9. The van der Waals surface area contributed by atoms with Crippen LogP contribution in [0.5, 0.6) is 23.0 Å². The van der Waals surface area contributed by atoms with Gasteiger partial charge in [-0.2, -0.15) is 0 Å². The summed E-state index contributed by atoms with van der Waals surface area (Å²) in [6.07, 6.45) is 1.94. The summed E-state index contributed by atoms with van der Waals surface area (Å²) in [7, 11) is 0. The molecule has 90 heavy (non-hydrogen) atoms. The first-order chi connectivity index (χ1) is 43.1. The molecule has 0 bridgehead atoms. The van der Waals surface area contributed by atoms with Gasteiger partial charge in [-0.15, -0.1) is 0 Å². The predicted molar refractivity (Wildman–Crippen MR) is 365 cm³/mol. The number of para-hydroxylation sites is 4. The fraction of sp³-hybridized carbons (Fsp3) is 0.205. The molecule has 4 heterocycles. The number of rotatable bonds is 7. The Morgan fingerprint density at radius 3 is 1.63 bits per heavy atom. The molecule has 0 fully saturated rings. The SMILES string of the molecule is CC(C)(C)c1cc(-c2cc(C(C)(C)C)cc(-c3ccccc3)c2-n2[c](=[Pt])n(-c3[c-]c(Oc4[c-]c5c(cc4)c4cc6c(cc4n5-c4cc(C(C)(C)C)ccn4)C4(c5ccccc5Oc5ccccc54)c4ccccc4-6)ccc3)c3ccccc32)cc(C(C)(C)C)c1. The van der Waals surface area contributed by atoms with Crippen LogP contribution in [0, 0.1) is 15.9 Å². The predicted octanol–water partition coefficient (Wildman–Crippen LogP) is 21.4. The number of hydrogen-bond acceptors (Lipinski definition) is 3. The third kappa shape index (κ3) is 9.22. The molecule has 0 N–H and O–H groups in total. The van der Waals surface area contributed by atoms with Crippen molar-refractivity contribution in [1.29, 1.82) is 0 Å². The van der Waals surface area contributed by atoms with E-state index in [2.05, 4.69) is 335 Å². The van der Waals surface area contributed by atoms with Crippen molar-refractivity contribution in [3.63, 3.8) is 0 Å². The molecule has 0 atom stereocenters. The van der Waals surface area contributed by atoms with E-state index in [1.54, 1.807) is 0 Å². The maximum atomic E-state index is 7.05. The van der Waals surface area contributed by atoms with Gasteiger partial charge in [-0.3, -0.25) is 0 Å². The third-order valence-corrected chi connectivity index (χ3v) is 19.7. The minimum absolute atomic E-state index is 0.0811. The molecule has 1 aliphatic heterocycles. The summed E-state index contributed by atoms with van der Waals surface area (Å²) >= 11 is 2.55. The molecule has 0 saturated carbocycles. The molecule has 0 saturated heterocycles. The van der Waals surface area contributed by atoms with Crippen LogP contribution in [0.25, 0.3) is 83.4 Å². The Morgan fingerprint density at radius 2 is 0.978 bits per heavy atom. The molecule has 7 heteroatoms. The second kappa shape index (κ2) is 20.7. The van der Waals surface area contributed by atoms with Crippen LogP contribution in [0.15, 0.2) is 219 Å². The first kappa shape index (κ1) is 57.4. The van der Waals surface area contributed by atoms with Crippen molar-refractivity contribution in [3.05, 3.63) is 279 Å². The summed E-state index contributed by atoms with van der Waals surface area (Å²) in [6.45, 7) is 27.7. The van der Waals surface area contributed by atoms with E-state index >= 15 is 0 Å². The van der Waals surface area contributed by atoms with Gasteiger partial charge in [0.2, 0.25) is 0 Å². The molecule has 3 aromatic heterocycles. The van der Waals surface area contributed by atoms with Crippen LogP contribution in [-0.2, 0) is 46.4 Å². The van der Waals surface area contributed by atoms with Gasteiger partial charge in [-0.1, -0.05) is 81.4 Å². The molecule has 2 aliphatic rings. The monoisotopic (exact) mass is 1350 g/mol. The van der Waals surface area contributed by atoms with Crippen LogP contribution in [-0.4, -0.2) is 18.7 Å². The van der Waals surface area contributed by atoms with Crippen molar-refractivity contribution in [1.82, 2.24) is 18.7 Å². The molecule has 13 aromatic rings.